The topological polar surface area (TPSA) is 21.3 Å². The van der Waals surface area contributed by atoms with Crippen LogP contribution in [0.15, 0.2) is 12.7 Å². The minimum Gasteiger partial charge on any atom is -0.374 e. The number of hydrogen-bond acceptors (Lipinski definition) is 2. The standard InChI is InChI=1S/C14H27NO/c1-5-10-15-11-12(2)16-13-6-8-14(3,4)9-7-13/h5,12-13,15H,1,6-11H2,2-4H3. The van der Waals surface area contributed by atoms with Crippen LogP contribution in [0.4, 0.5) is 0 Å². The van der Waals surface area contributed by atoms with Crippen LogP contribution in [-0.2, 0) is 4.74 Å². The lowest BCUT2D eigenvalue weighted by molar-refractivity contribution is -0.0361. The van der Waals surface area contributed by atoms with E-state index in [1.54, 1.807) is 0 Å². The Morgan fingerprint density at radius 3 is 2.62 bits per heavy atom. The van der Waals surface area contributed by atoms with Crippen molar-refractivity contribution in [2.75, 3.05) is 13.1 Å². The highest BCUT2D eigenvalue weighted by Crippen LogP contribution is 2.36. The van der Waals surface area contributed by atoms with Crippen molar-refractivity contribution in [1.29, 1.82) is 0 Å². The predicted molar refractivity (Wildman–Crippen MR) is 69.7 cm³/mol. The lowest BCUT2D eigenvalue weighted by Crippen LogP contribution is -2.33. The first-order valence-electron chi connectivity index (χ1n) is 6.50. The molecule has 1 unspecified atom stereocenters. The molecular formula is C14H27NO. The zero-order chi connectivity index (χ0) is 12.0. The van der Waals surface area contributed by atoms with Gasteiger partial charge in [-0.25, -0.2) is 0 Å². The Bertz CT molecular complexity index is 203. The molecule has 16 heavy (non-hydrogen) atoms. The maximum atomic E-state index is 6.03. The number of hydrogen-bond donors (Lipinski definition) is 1. The van der Waals surface area contributed by atoms with Gasteiger partial charge in [-0.05, 0) is 38.0 Å². The van der Waals surface area contributed by atoms with Gasteiger partial charge in [-0.1, -0.05) is 19.9 Å². The van der Waals surface area contributed by atoms with Crippen LogP contribution >= 0.6 is 0 Å². The van der Waals surface area contributed by atoms with Crippen molar-refractivity contribution in [1.82, 2.24) is 5.32 Å². The molecule has 94 valence electrons. The molecule has 0 spiro atoms. The molecule has 0 aromatic rings. The van der Waals surface area contributed by atoms with Crippen molar-refractivity contribution in [2.24, 2.45) is 5.41 Å². The Morgan fingerprint density at radius 1 is 1.44 bits per heavy atom. The van der Waals surface area contributed by atoms with Crippen molar-refractivity contribution >= 4 is 0 Å². The molecule has 0 aromatic heterocycles. The summed E-state index contributed by atoms with van der Waals surface area (Å²) in [6, 6.07) is 0. The van der Waals surface area contributed by atoms with Crippen LogP contribution in [0.3, 0.4) is 0 Å². The number of ether oxygens (including phenoxy) is 1. The third kappa shape index (κ3) is 5.13. The largest absolute Gasteiger partial charge is 0.374 e. The number of rotatable bonds is 6. The first-order chi connectivity index (χ1) is 7.53. The fourth-order valence-corrected chi connectivity index (χ4v) is 2.27. The summed E-state index contributed by atoms with van der Waals surface area (Å²) in [6.07, 6.45) is 7.71. The van der Waals surface area contributed by atoms with Crippen LogP contribution in [0.2, 0.25) is 0 Å². The van der Waals surface area contributed by atoms with Crippen molar-refractivity contribution in [3.05, 3.63) is 12.7 Å². The van der Waals surface area contributed by atoms with Gasteiger partial charge in [0.1, 0.15) is 0 Å². The zero-order valence-corrected chi connectivity index (χ0v) is 11.1. The second-order valence-corrected chi connectivity index (χ2v) is 5.76. The minimum absolute atomic E-state index is 0.311. The normalized spacial score (nSPS) is 22.9. The van der Waals surface area contributed by atoms with Crippen LogP contribution in [0.5, 0.6) is 0 Å². The van der Waals surface area contributed by atoms with Crippen molar-refractivity contribution in [3.8, 4) is 0 Å². The van der Waals surface area contributed by atoms with E-state index in [-0.39, 0.29) is 0 Å². The summed E-state index contributed by atoms with van der Waals surface area (Å²) in [6.45, 7) is 12.3. The second-order valence-electron chi connectivity index (χ2n) is 5.76. The van der Waals surface area contributed by atoms with Crippen LogP contribution in [-0.4, -0.2) is 25.3 Å². The molecule has 1 aliphatic rings. The molecule has 1 atom stereocenters. The van der Waals surface area contributed by atoms with E-state index < -0.39 is 0 Å². The third-order valence-electron chi connectivity index (χ3n) is 3.43. The van der Waals surface area contributed by atoms with E-state index in [1.807, 2.05) is 6.08 Å². The lowest BCUT2D eigenvalue weighted by Gasteiger charge is -2.35. The van der Waals surface area contributed by atoms with Gasteiger partial charge in [-0.2, -0.15) is 0 Å². The molecule has 0 aromatic carbocycles. The van der Waals surface area contributed by atoms with Crippen molar-refractivity contribution < 1.29 is 4.74 Å². The molecule has 0 aliphatic heterocycles. The van der Waals surface area contributed by atoms with Crippen molar-refractivity contribution in [3.63, 3.8) is 0 Å². The highest BCUT2D eigenvalue weighted by molar-refractivity contribution is 4.79. The van der Waals surface area contributed by atoms with Gasteiger partial charge >= 0.3 is 0 Å². The molecule has 1 saturated carbocycles. The quantitative estimate of drug-likeness (QED) is 0.554. The molecule has 0 saturated heterocycles. The molecule has 1 N–H and O–H groups in total. The summed E-state index contributed by atoms with van der Waals surface area (Å²) in [5.74, 6) is 0. The lowest BCUT2D eigenvalue weighted by atomic mass is 9.76. The molecule has 1 aliphatic carbocycles. The Morgan fingerprint density at radius 2 is 2.06 bits per heavy atom. The summed E-state index contributed by atoms with van der Waals surface area (Å²) in [4.78, 5) is 0. The summed E-state index contributed by atoms with van der Waals surface area (Å²) in [7, 11) is 0. The summed E-state index contributed by atoms with van der Waals surface area (Å²) in [5.41, 5.74) is 0.532. The van der Waals surface area contributed by atoms with E-state index in [9.17, 15) is 0 Å². The van der Waals surface area contributed by atoms with Crippen LogP contribution < -0.4 is 5.32 Å². The maximum absolute atomic E-state index is 6.03. The predicted octanol–water partition coefficient (Wildman–Crippen LogP) is 3.14. The summed E-state index contributed by atoms with van der Waals surface area (Å²) >= 11 is 0. The Hall–Kier alpha value is -0.340. The Kier molecular flexibility index (Phi) is 5.50. The highest BCUT2D eigenvalue weighted by atomic mass is 16.5. The average Bonchev–Trinajstić information content (AvgIpc) is 2.22. The van der Waals surface area contributed by atoms with E-state index in [2.05, 4.69) is 32.7 Å². The fraction of sp³-hybridized carbons (Fsp3) is 0.857. The summed E-state index contributed by atoms with van der Waals surface area (Å²) in [5, 5.41) is 3.30. The molecule has 0 radical (unpaired) electrons. The van der Waals surface area contributed by atoms with Gasteiger partial charge in [0.25, 0.3) is 0 Å². The van der Waals surface area contributed by atoms with E-state index in [0.29, 0.717) is 17.6 Å². The van der Waals surface area contributed by atoms with Crippen LogP contribution in [0.25, 0.3) is 0 Å². The van der Waals surface area contributed by atoms with Gasteiger partial charge in [0.2, 0.25) is 0 Å². The molecule has 2 heteroatoms. The van der Waals surface area contributed by atoms with Gasteiger partial charge in [0.15, 0.2) is 0 Å². The average molecular weight is 225 g/mol. The number of nitrogens with one attached hydrogen (secondary N) is 1. The smallest absolute Gasteiger partial charge is 0.0675 e. The van der Waals surface area contributed by atoms with E-state index in [1.165, 1.54) is 25.7 Å². The van der Waals surface area contributed by atoms with E-state index >= 15 is 0 Å². The molecule has 0 bridgehead atoms. The maximum Gasteiger partial charge on any atom is 0.0675 e. The summed E-state index contributed by atoms with van der Waals surface area (Å²) < 4.78 is 6.03. The van der Waals surface area contributed by atoms with Gasteiger partial charge < -0.3 is 10.1 Å². The first-order valence-corrected chi connectivity index (χ1v) is 6.50. The third-order valence-corrected chi connectivity index (χ3v) is 3.43. The monoisotopic (exact) mass is 225 g/mol. The Balaban J connectivity index is 2.15. The molecule has 1 fully saturated rings. The zero-order valence-electron chi connectivity index (χ0n) is 11.1. The van der Waals surface area contributed by atoms with Gasteiger partial charge in [0, 0.05) is 13.1 Å². The Labute approximate surface area is 100 Å². The SMILES string of the molecule is C=CCNCC(C)OC1CCC(C)(C)CC1. The van der Waals surface area contributed by atoms with Crippen LogP contribution in [0.1, 0.15) is 46.5 Å². The van der Waals surface area contributed by atoms with Gasteiger partial charge in [-0.15, -0.1) is 6.58 Å². The fourth-order valence-electron chi connectivity index (χ4n) is 2.27. The minimum atomic E-state index is 0.311. The molecule has 0 amide bonds. The van der Waals surface area contributed by atoms with Crippen LogP contribution in [0, 0.1) is 5.41 Å². The van der Waals surface area contributed by atoms with E-state index in [0.717, 1.165) is 13.1 Å². The first kappa shape index (κ1) is 13.7. The van der Waals surface area contributed by atoms with E-state index in [4.69, 9.17) is 4.74 Å². The van der Waals surface area contributed by atoms with Crippen molar-refractivity contribution in [2.45, 2.75) is 58.7 Å². The molecule has 2 nitrogen and oxygen atoms in total. The second kappa shape index (κ2) is 6.41. The molecule has 0 heterocycles. The highest BCUT2D eigenvalue weighted by Gasteiger charge is 2.27. The molecule has 1 rings (SSSR count). The van der Waals surface area contributed by atoms with Gasteiger partial charge in [-0.3, -0.25) is 0 Å². The van der Waals surface area contributed by atoms with Gasteiger partial charge in [0.05, 0.1) is 12.2 Å². The molecular weight excluding hydrogens is 198 g/mol.